The van der Waals surface area contributed by atoms with Crippen LogP contribution in [0.2, 0.25) is 0 Å². The van der Waals surface area contributed by atoms with Crippen LogP contribution in [0, 0.1) is 0 Å². The van der Waals surface area contributed by atoms with E-state index in [1.165, 1.54) is 0 Å². The number of rotatable bonds is 4. The van der Waals surface area contributed by atoms with E-state index in [1.807, 2.05) is 75.4 Å². The molecule has 0 fully saturated rings. The lowest BCUT2D eigenvalue weighted by Crippen LogP contribution is -2.38. The largest absolute Gasteiger partial charge is 0.399 e. The maximum atomic E-state index is 12.4. The van der Waals surface area contributed by atoms with Crippen LogP contribution < -0.4 is 11.2 Å². The Balaban J connectivity index is 2.11. The number of hydrogen-bond acceptors (Lipinski definition) is 3. The Morgan fingerprint density at radius 2 is 1.64 bits per heavy atom. The van der Waals surface area contributed by atoms with E-state index >= 15 is 0 Å². The predicted octanol–water partition coefficient (Wildman–Crippen LogP) is 3.09. The predicted molar refractivity (Wildman–Crippen MR) is 90.7 cm³/mol. The number of amides is 1. The van der Waals surface area contributed by atoms with Crippen LogP contribution in [-0.4, -0.2) is 11.6 Å². The van der Waals surface area contributed by atoms with Crippen molar-refractivity contribution < 1.29 is 4.79 Å². The molecule has 0 aliphatic heterocycles. The highest BCUT2D eigenvalue weighted by atomic mass is 16.2. The SMILES string of the molecule is C/C(=N\NC(=O)C(C)(C)c1ccccc1)c1ccc(N)cc1. The van der Waals surface area contributed by atoms with Gasteiger partial charge in [-0.2, -0.15) is 5.10 Å². The van der Waals surface area contributed by atoms with Crippen molar-refractivity contribution in [3.63, 3.8) is 0 Å². The van der Waals surface area contributed by atoms with Crippen molar-refractivity contribution >= 4 is 17.3 Å². The fourth-order valence-electron chi connectivity index (χ4n) is 2.05. The van der Waals surface area contributed by atoms with Gasteiger partial charge in [-0.15, -0.1) is 0 Å². The van der Waals surface area contributed by atoms with Gasteiger partial charge in [-0.1, -0.05) is 42.5 Å². The molecule has 0 aliphatic carbocycles. The minimum Gasteiger partial charge on any atom is -0.399 e. The molecular formula is C18H21N3O. The van der Waals surface area contributed by atoms with E-state index in [1.54, 1.807) is 0 Å². The van der Waals surface area contributed by atoms with E-state index < -0.39 is 5.41 Å². The van der Waals surface area contributed by atoms with Gasteiger partial charge in [-0.05, 0) is 44.0 Å². The van der Waals surface area contributed by atoms with Crippen molar-refractivity contribution in [1.82, 2.24) is 5.43 Å². The number of nitrogens with two attached hydrogens (primary N) is 1. The maximum Gasteiger partial charge on any atom is 0.250 e. The summed E-state index contributed by atoms with van der Waals surface area (Å²) in [5, 5.41) is 4.19. The molecule has 2 aromatic rings. The quantitative estimate of drug-likeness (QED) is 0.517. The summed E-state index contributed by atoms with van der Waals surface area (Å²) >= 11 is 0. The highest BCUT2D eigenvalue weighted by Gasteiger charge is 2.29. The molecule has 4 nitrogen and oxygen atoms in total. The number of carbonyl (C=O) groups excluding carboxylic acids is 1. The van der Waals surface area contributed by atoms with Crippen molar-refractivity contribution in [3.05, 3.63) is 65.7 Å². The van der Waals surface area contributed by atoms with Crippen LogP contribution in [0.5, 0.6) is 0 Å². The normalized spacial score (nSPS) is 12.0. The fourth-order valence-corrected chi connectivity index (χ4v) is 2.05. The highest BCUT2D eigenvalue weighted by molar-refractivity contribution is 6.00. The van der Waals surface area contributed by atoms with E-state index in [0.717, 1.165) is 16.8 Å². The molecule has 0 unspecified atom stereocenters. The lowest BCUT2D eigenvalue weighted by atomic mass is 9.84. The van der Waals surface area contributed by atoms with Crippen LogP contribution in [0.15, 0.2) is 59.7 Å². The summed E-state index contributed by atoms with van der Waals surface area (Å²) in [7, 11) is 0. The molecule has 2 rings (SSSR count). The molecule has 1 amide bonds. The van der Waals surface area contributed by atoms with Crippen LogP contribution >= 0.6 is 0 Å². The van der Waals surface area contributed by atoms with E-state index in [4.69, 9.17) is 5.73 Å². The molecule has 0 aliphatic rings. The highest BCUT2D eigenvalue weighted by Crippen LogP contribution is 2.22. The summed E-state index contributed by atoms with van der Waals surface area (Å²) in [4.78, 5) is 12.4. The molecule has 3 N–H and O–H groups in total. The van der Waals surface area contributed by atoms with Crippen LogP contribution in [0.1, 0.15) is 31.9 Å². The number of carbonyl (C=O) groups is 1. The zero-order valence-corrected chi connectivity index (χ0v) is 13.1. The molecule has 114 valence electrons. The Bertz CT molecular complexity index is 673. The topological polar surface area (TPSA) is 67.5 Å². The lowest BCUT2D eigenvalue weighted by molar-refractivity contribution is -0.125. The third-order valence-corrected chi connectivity index (χ3v) is 3.72. The van der Waals surface area contributed by atoms with Crippen molar-refractivity contribution in [1.29, 1.82) is 0 Å². The first kappa shape index (κ1) is 15.8. The summed E-state index contributed by atoms with van der Waals surface area (Å²) in [6.45, 7) is 5.61. The van der Waals surface area contributed by atoms with Gasteiger partial charge in [0.1, 0.15) is 0 Å². The minimum absolute atomic E-state index is 0.145. The second-order valence-corrected chi connectivity index (χ2v) is 5.75. The number of benzene rings is 2. The first-order valence-electron chi connectivity index (χ1n) is 7.17. The van der Waals surface area contributed by atoms with Gasteiger partial charge in [-0.25, -0.2) is 5.43 Å². The summed E-state index contributed by atoms with van der Waals surface area (Å²) in [6, 6.07) is 17.0. The Morgan fingerprint density at radius 3 is 2.23 bits per heavy atom. The molecule has 0 spiro atoms. The van der Waals surface area contributed by atoms with Gasteiger partial charge in [0.25, 0.3) is 0 Å². The smallest absolute Gasteiger partial charge is 0.250 e. The van der Waals surface area contributed by atoms with E-state index in [0.29, 0.717) is 5.69 Å². The van der Waals surface area contributed by atoms with Gasteiger partial charge < -0.3 is 5.73 Å². The average molecular weight is 295 g/mol. The number of nitrogens with one attached hydrogen (secondary N) is 1. The van der Waals surface area contributed by atoms with E-state index in [9.17, 15) is 4.79 Å². The number of hydrazone groups is 1. The van der Waals surface area contributed by atoms with Crippen molar-refractivity contribution in [2.24, 2.45) is 5.10 Å². The monoisotopic (exact) mass is 295 g/mol. The number of hydrogen-bond donors (Lipinski definition) is 2. The zero-order valence-electron chi connectivity index (χ0n) is 13.1. The second-order valence-electron chi connectivity index (χ2n) is 5.75. The lowest BCUT2D eigenvalue weighted by Gasteiger charge is -2.22. The summed E-state index contributed by atoms with van der Waals surface area (Å²) in [5.74, 6) is -0.145. The molecule has 22 heavy (non-hydrogen) atoms. The van der Waals surface area contributed by atoms with Gasteiger partial charge in [0, 0.05) is 5.69 Å². The second kappa shape index (κ2) is 6.43. The third-order valence-electron chi connectivity index (χ3n) is 3.72. The average Bonchev–Trinajstić information content (AvgIpc) is 2.53. The van der Waals surface area contributed by atoms with Gasteiger partial charge >= 0.3 is 0 Å². The van der Waals surface area contributed by atoms with Gasteiger partial charge in [-0.3, -0.25) is 4.79 Å². The summed E-state index contributed by atoms with van der Waals surface area (Å²) in [6.07, 6.45) is 0. The molecule has 0 saturated heterocycles. The Labute approximate surface area is 131 Å². The molecule has 0 atom stereocenters. The Morgan fingerprint density at radius 1 is 1.05 bits per heavy atom. The maximum absolute atomic E-state index is 12.4. The third kappa shape index (κ3) is 3.52. The molecule has 0 aromatic heterocycles. The van der Waals surface area contributed by atoms with Crippen LogP contribution in [0.25, 0.3) is 0 Å². The van der Waals surface area contributed by atoms with Crippen molar-refractivity contribution in [2.45, 2.75) is 26.2 Å². The molecule has 0 saturated carbocycles. The van der Waals surface area contributed by atoms with Crippen LogP contribution in [0.4, 0.5) is 5.69 Å². The standard InChI is InChI=1S/C18H21N3O/c1-13(14-9-11-16(19)12-10-14)20-21-17(22)18(2,3)15-7-5-4-6-8-15/h4-12H,19H2,1-3H3,(H,21,22)/b20-13+. The van der Waals surface area contributed by atoms with Gasteiger partial charge in [0.2, 0.25) is 5.91 Å². The van der Waals surface area contributed by atoms with E-state index in [2.05, 4.69) is 10.5 Å². The molecule has 0 bridgehead atoms. The van der Waals surface area contributed by atoms with E-state index in [-0.39, 0.29) is 5.91 Å². The number of nitrogen functional groups attached to an aromatic ring is 1. The Kier molecular flexibility index (Phi) is 4.61. The number of anilines is 1. The Hall–Kier alpha value is -2.62. The molecule has 0 heterocycles. The van der Waals surface area contributed by atoms with Gasteiger partial charge in [0.15, 0.2) is 0 Å². The molecule has 0 radical (unpaired) electrons. The molecule has 2 aromatic carbocycles. The summed E-state index contributed by atoms with van der Waals surface area (Å²) < 4.78 is 0. The minimum atomic E-state index is -0.647. The zero-order chi connectivity index (χ0) is 16.2. The number of nitrogens with zero attached hydrogens (tertiary/aromatic N) is 1. The fraction of sp³-hybridized carbons (Fsp3) is 0.222. The summed E-state index contributed by atoms with van der Waals surface area (Å²) in [5.41, 5.74) is 11.0. The first-order valence-corrected chi connectivity index (χ1v) is 7.17. The van der Waals surface area contributed by atoms with Crippen LogP contribution in [-0.2, 0) is 10.2 Å². The molecular weight excluding hydrogens is 274 g/mol. The van der Waals surface area contributed by atoms with Crippen molar-refractivity contribution in [3.8, 4) is 0 Å². The van der Waals surface area contributed by atoms with Crippen molar-refractivity contribution in [2.75, 3.05) is 5.73 Å². The molecule has 4 heteroatoms. The van der Waals surface area contributed by atoms with Crippen LogP contribution in [0.3, 0.4) is 0 Å². The van der Waals surface area contributed by atoms with Gasteiger partial charge in [0.05, 0.1) is 11.1 Å². The first-order chi connectivity index (χ1) is 10.4.